The number of methoxy groups -OCH3 is 4. The molecule has 14 heteroatoms. The van der Waals surface area contributed by atoms with Crippen LogP contribution in [0.4, 0.5) is 5.69 Å². The highest BCUT2D eigenvalue weighted by atomic mass is 35.5. The zero-order valence-corrected chi connectivity index (χ0v) is 32.2. The third-order valence-corrected chi connectivity index (χ3v) is 11.0. The Balaban J connectivity index is 1.93. The van der Waals surface area contributed by atoms with Crippen molar-refractivity contribution in [3.63, 3.8) is 0 Å². The predicted molar refractivity (Wildman–Crippen MR) is 202 cm³/mol. The Hall–Kier alpha value is -4.65. The molecule has 278 valence electrons. The van der Waals surface area contributed by atoms with Crippen LogP contribution in [-0.2, 0) is 32.6 Å². The molecule has 2 amide bonds. The summed E-state index contributed by atoms with van der Waals surface area (Å²) in [6, 6.07) is 21.5. The normalized spacial score (nSPS) is 12.3. The van der Waals surface area contributed by atoms with Gasteiger partial charge in [-0.15, -0.1) is 0 Å². The number of rotatable bonds is 17. The number of carbonyl (C=O) groups is 2. The molecule has 0 aliphatic heterocycles. The van der Waals surface area contributed by atoms with Crippen molar-refractivity contribution in [1.82, 2.24) is 10.2 Å². The molecule has 0 aromatic heterocycles. The number of anilines is 1. The lowest BCUT2D eigenvalue weighted by Gasteiger charge is -2.35. The minimum atomic E-state index is -4.55. The molecule has 0 aliphatic carbocycles. The summed E-state index contributed by atoms with van der Waals surface area (Å²) in [6.07, 6.45) is 0.753. The van der Waals surface area contributed by atoms with Crippen LogP contribution in [0.1, 0.15) is 31.4 Å². The van der Waals surface area contributed by atoms with Crippen LogP contribution in [0.3, 0.4) is 0 Å². The van der Waals surface area contributed by atoms with E-state index in [1.54, 1.807) is 24.3 Å². The van der Waals surface area contributed by atoms with E-state index in [1.807, 2.05) is 44.2 Å². The van der Waals surface area contributed by atoms with Gasteiger partial charge in [0.25, 0.3) is 10.0 Å². The number of amides is 2. The number of nitrogens with one attached hydrogen (secondary N) is 1. The van der Waals surface area contributed by atoms with Gasteiger partial charge in [0.2, 0.25) is 11.8 Å². The fourth-order valence-electron chi connectivity index (χ4n) is 5.46. The molecule has 0 aliphatic rings. The molecule has 0 fully saturated rings. The van der Waals surface area contributed by atoms with E-state index < -0.39 is 34.4 Å². The number of benzene rings is 4. The maximum atomic E-state index is 14.9. The molecule has 11 nitrogen and oxygen atoms in total. The van der Waals surface area contributed by atoms with E-state index in [9.17, 15) is 18.0 Å². The summed E-state index contributed by atoms with van der Waals surface area (Å²) < 4.78 is 52.1. The molecule has 2 atom stereocenters. The number of sulfonamides is 1. The number of halogens is 2. The van der Waals surface area contributed by atoms with Crippen molar-refractivity contribution in [3.05, 3.63) is 106 Å². The van der Waals surface area contributed by atoms with Gasteiger partial charge in [-0.05, 0) is 55.3 Å². The van der Waals surface area contributed by atoms with Crippen LogP contribution < -0.4 is 28.6 Å². The summed E-state index contributed by atoms with van der Waals surface area (Å²) in [4.78, 5) is 30.2. The first kappa shape index (κ1) is 40.1. The van der Waals surface area contributed by atoms with E-state index in [2.05, 4.69) is 5.32 Å². The Morgan fingerprint density at radius 3 is 2.02 bits per heavy atom. The van der Waals surface area contributed by atoms with E-state index in [4.69, 9.17) is 42.1 Å². The van der Waals surface area contributed by atoms with Crippen LogP contribution in [0.5, 0.6) is 23.0 Å². The number of hydrogen-bond acceptors (Lipinski definition) is 8. The fraction of sp³-hybridized carbons (Fsp3) is 0.316. The standard InChI is InChI=1S/C38H43Cl2N3O8S/c1-7-25(2)41-38(45)33(20-26-12-9-8-10-13-26)42(23-29-30(39)14-11-15-31(29)40)37(44)24-43(32-21-27(48-3)16-18-34(32)49-4)52(46,47)28-17-19-35(50-5)36(22-28)51-6/h8-19,21-22,25,33H,7,20,23-24H2,1-6H3,(H,41,45). The third-order valence-electron chi connectivity index (χ3n) is 8.54. The monoisotopic (exact) mass is 771 g/mol. The Morgan fingerprint density at radius 1 is 0.788 bits per heavy atom. The second-order valence-electron chi connectivity index (χ2n) is 11.8. The smallest absolute Gasteiger partial charge is 0.265 e. The van der Waals surface area contributed by atoms with Crippen molar-refractivity contribution in [2.45, 2.75) is 50.2 Å². The number of carbonyl (C=O) groups excluding carboxylic acids is 2. The van der Waals surface area contributed by atoms with Gasteiger partial charge in [0.1, 0.15) is 24.1 Å². The first-order chi connectivity index (χ1) is 24.9. The number of hydrogen-bond donors (Lipinski definition) is 1. The van der Waals surface area contributed by atoms with E-state index in [0.717, 1.165) is 9.87 Å². The quantitative estimate of drug-likeness (QED) is 0.125. The third kappa shape index (κ3) is 9.41. The van der Waals surface area contributed by atoms with Crippen LogP contribution in [0.25, 0.3) is 0 Å². The van der Waals surface area contributed by atoms with Gasteiger partial charge in [-0.25, -0.2) is 8.42 Å². The summed E-state index contributed by atoms with van der Waals surface area (Å²) in [5, 5.41) is 3.55. The van der Waals surface area contributed by atoms with Crippen LogP contribution in [-0.4, -0.2) is 72.2 Å². The largest absolute Gasteiger partial charge is 0.497 e. The van der Waals surface area contributed by atoms with Crippen LogP contribution >= 0.6 is 23.2 Å². The zero-order chi connectivity index (χ0) is 38.0. The molecule has 4 aromatic carbocycles. The lowest BCUT2D eigenvalue weighted by Crippen LogP contribution is -2.54. The van der Waals surface area contributed by atoms with Crippen LogP contribution in [0.2, 0.25) is 10.0 Å². The van der Waals surface area contributed by atoms with Crippen molar-refractivity contribution in [2.75, 3.05) is 39.3 Å². The molecule has 0 spiro atoms. The average Bonchev–Trinajstić information content (AvgIpc) is 3.15. The summed E-state index contributed by atoms with van der Waals surface area (Å²) in [5.41, 5.74) is 1.19. The summed E-state index contributed by atoms with van der Waals surface area (Å²) in [6.45, 7) is 2.83. The average molecular weight is 773 g/mol. The number of nitrogens with zero attached hydrogens (tertiary/aromatic N) is 2. The van der Waals surface area contributed by atoms with E-state index in [1.165, 1.54) is 63.7 Å². The zero-order valence-electron chi connectivity index (χ0n) is 29.9. The molecule has 1 N–H and O–H groups in total. The molecule has 0 heterocycles. The SMILES string of the molecule is CCC(C)NC(=O)C(Cc1ccccc1)N(Cc1c(Cl)cccc1Cl)C(=O)CN(c1cc(OC)ccc1OC)S(=O)(=O)c1ccc(OC)c(OC)c1. The molecule has 0 bridgehead atoms. The summed E-state index contributed by atoms with van der Waals surface area (Å²) in [5.74, 6) is -0.221. The van der Waals surface area contributed by atoms with Crippen LogP contribution in [0, 0.1) is 0 Å². The first-order valence-corrected chi connectivity index (χ1v) is 18.6. The van der Waals surface area contributed by atoms with Gasteiger partial charge in [0.15, 0.2) is 11.5 Å². The maximum absolute atomic E-state index is 14.9. The maximum Gasteiger partial charge on any atom is 0.265 e. The molecule has 0 saturated carbocycles. The highest BCUT2D eigenvalue weighted by Crippen LogP contribution is 2.38. The van der Waals surface area contributed by atoms with Crippen molar-refractivity contribution < 1.29 is 37.0 Å². The number of ether oxygens (including phenoxy) is 4. The molecule has 0 saturated heterocycles. The minimum Gasteiger partial charge on any atom is -0.497 e. The fourth-order valence-corrected chi connectivity index (χ4v) is 7.41. The van der Waals surface area contributed by atoms with Crippen molar-refractivity contribution in [3.8, 4) is 23.0 Å². The molecule has 0 radical (unpaired) electrons. The molecule has 52 heavy (non-hydrogen) atoms. The Kier molecular flexibility index (Phi) is 14.1. The Labute approximate surface area is 315 Å². The molecular weight excluding hydrogens is 729 g/mol. The molecule has 2 unspecified atom stereocenters. The summed E-state index contributed by atoms with van der Waals surface area (Å²) >= 11 is 13.3. The first-order valence-electron chi connectivity index (χ1n) is 16.4. The summed E-state index contributed by atoms with van der Waals surface area (Å²) in [7, 11) is 1.08. The minimum absolute atomic E-state index is 0.0179. The molecule has 4 rings (SSSR count). The Bertz CT molecular complexity index is 1940. The highest BCUT2D eigenvalue weighted by Gasteiger charge is 2.37. The van der Waals surface area contributed by atoms with E-state index in [-0.39, 0.29) is 51.1 Å². The van der Waals surface area contributed by atoms with E-state index >= 15 is 0 Å². The predicted octanol–water partition coefficient (Wildman–Crippen LogP) is 6.78. The lowest BCUT2D eigenvalue weighted by molar-refractivity contribution is -0.140. The highest BCUT2D eigenvalue weighted by molar-refractivity contribution is 7.92. The van der Waals surface area contributed by atoms with Crippen LogP contribution in [0.15, 0.2) is 89.8 Å². The van der Waals surface area contributed by atoms with Crippen molar-refractivity contribution in [1.29, 1.82) is 0 Å². The second kappa shape index (κ2) is 18.2. The van der Waals surface area contributed by atoms with Gasteiger partial charge in [-0.2, -0.15) is 0 Å². The van der Waals surface area contributed by atoms with Gasteiger partial charge < -0.3 is 29.2 Å². The lowest BCUT2D eigenvalue weighted by atomic mass is 10.0. The molecular formula is C38H43Cl2N3O8S. The van der Waals surface area contributed by atoms with Crippen molar-refractivity contribution >= 4 is 50.7 Å². The van der Waals surface area contributed by atoms with Gasteiger partial charge in [-0.1, -0.05) is 66.5 Å². The topological polar surface area (TPSA) is 124 Å². The molecule has 4 aromatic rings. The van der Waals surface area contributed by atoms with Gasteiger partial charge in [0.05, 0.1) is 39.0 Å². The van der Waals surface area contributed by atoms with Crippen molar-refractivity contribution in [2.24, 2.45) is 0 Å². The van der Waals surface area contributed by atoms with Gasteiger partial charge >= 0.3 is 0 Å². The van der Waals surface area contributed by atoms with Gasteiger partial charge in [-0.3, -0.25) is 13.9 Å². The van der Waals surface area contributed by atoms with Gasteiger partial charge in [0, 0.05) is 46.7 Å². The second-order valence-corrected chi connectivity index (χ2v) is 14.5. The van der Waals surface area contributed by atoms with E-state index in [0.29, 0.717) is 23.5 Å². The Morgan fingerprint density at radius 2 is 1.42 bits per heavy atom.